The number of methoxy groups -OCH3 is 2. The number of ether oxygens (including phenoxy) is 2. The fourth-order valence-corrected chi connectivity index (χ4v) is 1.90. The maximum atomic E-state index is 11.8. The predicted octanol–water partition coefficient (Wildman–Crippen LogP) is 1.78. The number of Topliss-reactive ketones (excluding diaryl/α,β-unsaturated/α-hetero) is 1. The Hall–Kier alpha value is -1.49. The summed E-state index contributed by atoms with van der Waals surface area (Å²) in [5.41, 5.74) is 0.585. The van der Waals surface area contributed by atoms with Crippen LogP contribution in [-0.2, 0) is 9.53 Å². The van der Waals surface area contributed by atoms with Crippen molar-refractivity contribution in [3.8, 4) is 5.75 Å². The van der Waals surface area contributed by atoms with Crippen LogP contribution < -0.4 is 4.74 Å². The summed E-state index contributed by atoms with van der Waals surface area (Å²) in [4.78, 5) is 22.6. The summed E-state index contributed by atoms with van der Waals surface area (Å²) in [6, 6.07) is 6.94. The Morgan fingerprint density at radius 1 is 1.24 bits per heavy atom. The van der Waals surface area contributed by atoms with Crippen LogP contribution in [0.5, 0.6) is 5.75 Å². The smallest absolute Gasteiger partial charge is 0.315 e. The first-order valence-electron chi connectivity index (χ1n) is 4.99. The van der Waals surface area contributed by atoms with E-state index >= 15 is 0 Å². The molecule has 0 fully saturated rings. The van der Waals surface area contributed by atoms with Crippen molar-refractivity contribution in [1.29, 1.82) is 0 Å². The first-order valence-corrected chi connectivity index (χ1v) is 6.14. The van der Waals surface area contributed by atoms with Gasteiger partial charge in [0.25, 0.3) is 0 Å². The summed E-state index contributed by atoms with van der Waals surface area (Å²) in [5.74, 6) is 0.731. The molecule has 0 saturated heterocycles. The lowest BCUT2D eigenvalue weighted by Crippen LogP contribution is -2.08. The normalized spacial score (nSPS) is 9.76. The molecule has 4 nitrogen and oxygen atoms in total. The van der Waals surface area contributed by atoms with Gasteiger partial charge in [0.15, 0.2) is 5.78 Å². The van der Waals surface area contributed by atoms with E-state index in [0.29, 0.717) is 11.3 Å². The fourth-order valence-electron chi connectivity index (χ4n) is 1.17. The second kappa shape index (κ2) is 6.96. The van der Waals surface area contributed by atoms with Gasteiger partial charge in [-0.25, -0.2) is 0 Å². The van der Waals surface area contributed by atoms with Crippen molar-refractivity contribution in [1.82, 2.24) is 0 Å². The van der Waals surface area contributed by atoms with Crippen LogP contribution in [0.15, 0.2) is 24.3 Å². The summed E-state index contributed by atoms with van der Waals surface area (Å²) < 4.78 is 9.52. The topological polar surface area (TPSA) is 52.6 Å². The lowest BCUT2D eigenvalue weighted by Gasteiger charge is -2.03. The van der Waals surface area contributed by atoms with Crippen molar-refractivity contribution in [3.05, 3.63) is 29.8 Å². The number of thioether (sulfide) groups is 1. The van der Waals surface area contributed by atoms with E-state index in [4.69, 9.17) is 4.74 Å². The van der Waals surface area contributed by atoms with Gasteiger partial charge >= 0.3 is 5.97 Å². The minimum absolute atomic E-state index is 0.0298. The van der Waals surface area contributed by atoms with Crippen molar-refractivity contribution < 1.29 is 19.1 Å². The number of hydrogen-bond acceptors (Lipinski definition) is 5. The largest absolute Gasteiger partial charge is 0.497 e. The number of hydrogen-bond donors (Lipinski definition) is 0. The standard InChI is InChI=1S/C12H14O4S/c1-15-10-5-3-4-9(6-10)11(13)7-17-8-12(14)16-2/h3-6H,7-8H2,1-2H3. The van der Waals surface area contributed by atoms with E-state index in [0.717, 1.165) is 0 Å². The summed E-state index contributed by atoms with van der Waals surface area (Å²) in [7, 11) is 2.88. The lowest BCUT2D eigenvalue weighted by atomic mass is 10.1. The van der Waals surface area contributed by atoms with Crippen LogP contribution in [0.2, 0.25) is 0 Å². The van der Waals surface area contributed by atoms with Gasteiger partial charge in [-0.1, -0.05) is 12.1 Å². The molecule has 5 heteroatoms. The average molecular weight is 254 g/mol. The highest BCUT2D eigenvalue weighted by molar-refractivity contribution is 8.00. The summed E-state index contributed by atoms with van der Waals surface area (Å²) in [6.07, 6.45) is 0. The average Bonchev–Trinajstić information content (AvgIpc) is 2.38. The second-order valence-corrected chi connectivity index (χ2v) is 4.21. The molecule has 17 heavy (non-hydrogen) atoms. The maximum Gasteiger partial charge on any atom is 0.315 e. The first kappa shape index (κ1) is 13.6. The lowest BCUT2D eigenvalue weighted by molar-refractivity contribution is -0.137. The van der Waals surface area contributed by atoms with Gasteiger partial charge in [-0.15, -0.1) is 11.8 Å². The molecule has 0 aliphatic carbocycles. The molecular formula is C12H14O4S. The minimum atomic E-state index is -0.326. The fraction of sp³-hybridized carbons (Fsp3) is 0.333. The molecule has 0 N–H and O–H groups in total. The van der Waals surface area contributed by atoms with E-state index < -0.39 is 0 Å². The molecule has 0 heterocycles. The molecular weight excluding hydrogens is 240 g/mol. The zero-order chi connectivity index (χ0) is 12.7. The second-order valence-electron chi connectivity index (χ2n) is 3.22. The molecule has 1 aromatic rings. The maximum absolute atomic E-state index is 11.8. The molecule has 0 atom stereocenters. The number of carbonyl (C=O) groups is 2. The van der Waals surface area contributed by atoms with Crippen molar-refractivity contribution >= 4 is 23.5 Å². The quantitative estimate of drug-likeness (QED) is 0.572. The Morgan fingerprint density at radius 3 is 2.65 bits per heavy atom. The highest BCUT2D eigenvalue weighted by atomic mass is 32.2. The van der Waals surface area contributed by atoms with Crippen molar-refractivity contribution in [2.24, 2.45) is 0 Å². The molecule has 0 spiro atoms. The molecule has 92 valence electrons. The zero-order valence-electron chi connectivity index (χ0n) is 9.76. The van der Waals surface area contributed by atoms with Crippen LogP contribution in [0.3, 0.4) is 0 Å². The van der Waals surface area contributed by atoms with Gasteiger partial charge in [-0.2, -0.15) is 0 Å². The number of carbonyl (C=O) groups excluding carboxylic acids is 2. The van der Waals surface area contributed by atoms with E-state index in [1.807, 2.05) is 0 Å². The van der Waals surface area contributed by atoms with Crippen LogP contribution in [0, 0.1) is 0 Å². The number of ketones is 1. The summed E-state index contributed by atoms with van der Waals surface area (Å²) in [6.45, 7) is 0. The van der Waals surface area contributed by atoms with Gasteiger partial charge < -0.3 is 9.47 Å². The van der Waals surface area contributed by atoms with E-state index in [2.05, 4.69) is 4.74 Å². The Bertz CT molecular complexity index is 403. The summed E-state index contributed by atoms with van der Waals surface area (Å²) >= 11 is 1.24. The number of esters is 1. The number of benzene rings is 1. The van der Waals surface area contributed by atoms with Crippen LogP contribution in [0.1, 0.15) is 10.4 Å². The van der Waals surface area contributed by atoms with E-state index in [1.54, 1.807) is 31.4 Å². The van der Waals surface area contributed by atoms with Gasteiger partial charge in [-0.05, 0) is 12.1 Å². The third-order valence-electron chi connectivity index (χ3n) is 2.07. The molecule has 0 radical (unpaired) electrons. The predicted molar refractivity (Wildman–Crippen MR) is 66.7 cm³/mol. The molecule has 1 rings (SSSR count). The highest BCUT2D eigenvalue weighted by Gasteiger charge is 2.08. The monoisotopic (exact) mass is 254 g/mol. The van der Waals surface area contributed by atoms with Crippen LogP contribution in [-0.4, -0.2) is 37.5 Å². The van der Waals surface area contributed by atoms with Crippen LogP contribution in [0.25, 0.3) is 0 Å². The van der Waals surface area contributed by atoms with E-state index in [-0.39, 0.29) is 23.3 Å². The van der Waals surface area contributed by atoms with Gasteiger partial charge in [-0.3, -0.25) is 9.59 Å². The molecule has 0 bridgehead atoms. The summed E-state index contributed by atoms with van der Waals surface area (Å²) in [5, 5.41) is 0. The van der Waals surface area contributed by atoms with Crippen molar-refractivity contribution in [2.75, 3.05) is 25.7 Å². The van der Waals surface area contributed by atoms with Gasteiger partial charge in [0, 0.05) is 5.56 Å². The van der Waals surface area contributed by atoms with Crippen molar-refractivity contribution in [2.45, 2.75) is 0 Å². The Balaban J connectivity index is 2.49. The Morgan fingerprint density at radius 2 is 2.00 bits per heavy atom. The minimum Gasteiger partial charge on any atom is -0.497 e. The third kappa shape index (κ3) is 4.48. The third-order valence-corrected chi connectivity index (χ3v) is 2.98. The number of rotatable bonds is 6. The molecule has 0 unspecified atom stereocenters. The molecule has 0 aromatic heterocycles. The molecule has 0 amide bonds. The SMILES string of the molecule is COC(=O)CSCC(=O)c1cccc(OC)c1. The van der Waals surface area contributed by atoms with Gasteiger partial charge in [0.2, 0.25) is 0 Å². The van der Waals surface area contributed by atoms with E-state index in [1.165, 1.54) is 18.9 Å². The first-order chi connectivity index (χ1) is 8.17. The van der Waals surface area contributed by atoms with Crippen LogP contribution >= 0.6 is 11.8 Å². The molecule has 0 aliphatic heterocycles. The van der Waals surface area contributed by atoms with Crippen LogP contribution in [0.4, 0.5) is 0 Å². The highest BCUT2D eigenvalue weighted by Crippen LogP contribution is 2.14. The molecule has 0 aliphatic rings. The zero-order valence-corrected chi connectivity index (χ0v) is 10.6. The molecule has 1 aromatic carbocycles. The Kier molecular flexibility index (Phi) is 5.56. The van der Waals surface area contributed by atoms with E-state index in [9.17, 15) is 9.59 Å². The van der Waals surface area contributed by atoms with Gasteiger partial charge in [0.1, 0.15) is 5.75 Å². The molecule has 0 saturated carbocycles. The Labute approximate surface area is 104 Å². The van der Waals surface area contributed by atoms with Gasteiger partial charge in [0.05, 0.1) is 25.7 Å². The van der Waals surface area contributed by atoms with Crippen molar-refractivity contribution in [3.63, 3.8) is 0 Å².